The molecule has 0 bridgehead atoms. The number of pyridine rings is 1. The van der Waals surface area contributed by atoms with Crippen molar-refractivity contribution in [2.75, 3.05) is 13.1 Å². The van der Waals surface area contributed by atoms with Gasteiger partial charge in [0.1, 0.15) is 5.65 Å². The van der Waals surface area contributed by atoms with Gasteiger partial charge in [-0.2, -0.15) is 0 Å². The second-order valence-corrected chi connectivity index (χ2v) is 6.27. The Morgan fingerprint density at radius 2 is 2.21 bits per heavy atom. The molecule has 0 aliphatic carbocycles. The molecule has 6 heteroatoms. The topological polar surface area (TPSA) is 75.0 Å². The molecule has 1 fully saturated rings. The van der Waals surface area contributed by atoms with Crippen molar-refractivity contribution in [3.63, 3.8) is 0 Å². The molecule has 1 saturated heterocycles. The molecule has 1 aliphatic heterocycles. The van der Waals surface area contributed by atoms with Gasteiger partial charge in [-0.25, -0.2) is 4.98 Å². The number of aromatic amines is 1. The van der Waals surface area contributed by atoms with Crippen LogP contribution in [0.4, 0.5) is 0 Å². The van der Waals surface area contributed by atoms with Crippen LogP contribution in [0, 0.1) is 0 Å². The number of rotatable bonds is 3. The van der Waals surface area contributed by atoms with E-state index in [1.54, 1.807) is 12.3 Å². The summed E-state index contributed by atoms with van der Waals surface area (Å²) in [6, 6.07) is 7.94. The van der Waals surface area contributed by atoms with E-state index in [0.29, 0.717) is 11.7 Å². The highest BCUT2D eigenvalue weighted by Crippen LogP contribution is 2.30. The van der Waals surface area contributed by atoms with E-state index >= 15 is 0 Å². The van der Waals surface area contributed by atoms with Gasteiger partial charge in [-0.3, -0.25) is 4.79 Å². The van der Waals surface area contributed by atoms with Crippen LogP contribution in [0.1, 0.15) is 47.6 Å². The summed E-state index contributed by atoms with van der Waals surface area (Å²) < 4.78 is 5.17. The zero-order valence-corrected chi connectivity index (χ0v) is 13.7. The van der Waals surface area contributed by atoms with Crippen molar-refractivity contribution in [1.82, 2.24) is 20.0 Å². The highest BCUT2D eigenvalue weighted by Gasteiger charge is 2.27. The van der Waals surface area contributed by atoms with Crippen molar-refractivity contribution in [1.29, 1.82) is 0 Å². The number of nitrogens with one attached hydrogen (secondary N) is 1. The molecular formula is C18H20N4O2. The smallest absolute Gasteiger partial charge is 0.292 e. The molecule has 0 aromatic carbocycles. The maximum absolute atomic E-state index is 12.5. The van der Waals surface area contributed by atoms with Crippen LogP contribution in [0.5, 0.6) is 0 Å². The summed E-state index contributed by atoms with van der Waals surface area (Å²) in [5.41, 5.74) is 2.96. The van der Waals surface area contributed by atoms with E-state index in [-0.39, 0.29) is 5.91 Å². The number of aromatic nitrogens is 3. The standard InChI is InChI=1S/C18H20N4O2/c1-2-14-11-16(24-21-14)18(23)22-8-5-12(6-9-22)15-10-13-4-3-7-19-17(13)20-15/h3-4,7,10-12H,2,5-6,8-9H2,1H3,(H,19,20). The summed E-state index contributed by atoms with van der Waals surface area (Å²) in [6.07, 6.45) is 4.44. The summed E-state index contributed by atoms with van der Waals surface area (Å²) in [7, 11) is 0. The molecule has 24 heavy (non-hydrogen) atoms. The Morgan fingerprint density at radius 3 is 2.92 bits per heavy atom. The van der Waals surface area contributed by atoms with Crippen molar-refractivity contribution >= 4 is 16.9 Å². The minimum Gasteiger partial charge on any atom is -0.351 e. The van der Waals surface area contributed by atoms with Gasteiger partial charge in [0.05, 0.1) is 5.69 Å². The number of hydrogen-bond acceptors (Lipinski definition) is 4. The largest absolute Gasteiger partial charge is 0.351 e. The van der Waals surface area contributed by atoms with Gasteiger partial charge in [0, 0.05) is 42.4 Å². The minimum atomic E-state index is -0.0565. The van der Waals surface area contributed by atoms with E-state index in [2.05, 4.69) is 27.3 Å². The number of fused-ring (bicyclic) bond motifs is 1. The van der Waals surface area contributed by atoms with Crippen molar-refractivity contribution in [2.24, 2.45) is 0 Å². The van der Waals surface area contributed by atoms with Crippen LogP contribution in [-0.2, 0) is 6.42 Å². The predicted molar refractivity (Wildman–Crippen MR) is 89.9 cm³/mol. The van der Waals surface area contributed by atoms with Crippen molar-refractivity contribution in [3.05, 3.63) is 47.6 Å². The molecule has 0 unspecified atom stereocenters. The maximum Gasteiger partial charge on any atom is 0.292 e. The second kappa shape index (κ2) is 6.11. The second-order valence-electron chi connectivity index (χ2n) is 6.27. The number of carbonyl (C=O) groups excluding carboxylic acids is 1. The molecule has 6 nitrogen and oxygen atoms in total. The lowest BCUT2D eigenvalue weighted by molar-refractivity contribution is 0.0670. The van der Waals surface area contributed by atoms with E-state index in [1.807, 2.05) is 17.9 Å². The lowest BCUT2D eigenvalue weighted by Crippen LogP contribution is -2.37. The summed E-state index contributed by atoms with van der Waals surface area (Å²) in [6.45, 7) is 3.45. The number of carbonyl (C=O) groups is 1. The Balaban J connectivity index is 1.43. The molecule has 4 rings (SSSR count). The third-order valence-electron chi connectivity index (χ3n) is 4.77. The molecule has 0 radical (unpaired) electrons. The van der Waals surface area contributed by atoms with Gasteiger partial charge < -0.3 is 14.4 Å². The zero-order valence-electron chi connectivity index (χ0n) is 13.7. The Kier molecular flexibility index (Phi) is 3.80. The molecule has 3 aromatic heterocycles. The number of likely N-dealkylation sites (tertiary alicyclic amines) is 1. The molecule has 4 heterocycles. The SMILES string of the molecule is CCc1cc(C(=O)N2CCC(c3cc4cccnc4[nH]3)CC2)on1. The Hall–Kier alpha value is -2.63. The van der Waals surface area contributed by atoms with Crippen molar-refractivity contribution in [2.45, 2.75) is 32.1 Å². The lowest BCUT2D eigenvalue weighted by atomic mass is 9.93. The Bertz CT molecular complexity index is 826. The minimum absolute atomic E-state index is 0.0565. The van der Waals surface area contributed by atoms with Gasteiger partial charge in [0.25, 0.3) is 5.91 Å². The fraction of sp³-hybridized carbons (Fsp3) is 0.389. The summed E-state index contributed by atoms with van der Waals surface area (Å²) in [5, 5.41) is 5.04. The van der Waals surface area contributed by atoms with E-state index in [4.69, 9.17) is 4.52 Å². The zero-order chi connectivity index (χ0) is 16.5. The molecule has 1 N–H and O–H groups in total. The van der Waals surface area contributed by atoms with E-state index in [9.17, 15) is 4.79 Å². The van der Waals surface area contributed by atoms with Gasteiger partial charge in [0.15, 0.2) is 0 Å². The van der Waals surface area contributed by atoms with Crippen LogP contribution in [0.2, 0.25) is 0 Å². The molecule has 0 spiro atoms. The highest BCUT2D eigenvalue weighted by molar-refractivity contribution is 5.91. The fourth-order valence-corrected chi connectivity index (χ4v) is 3.33. The van der Waals surface area contributed by atoms with Gasteiger partial charge in [-0.15, -0.1) is 0 Å². The molecule has 1 aliphatic rings. The number of hydrogen-bond donors (Lipinski definition) is 1. The third-order valence-corrected chi connectivity index (χ3v) is 4.77. The average Bonchev–Trinajstić information content (AvgIpc) is 3.28. The Labute approximate surface area is 139 Å². The van der Waals surface area contributed by atoms with Crippen LogP contribution in [0.25, 0.3) is 11.0 Å². The first-order valence-corrected chi connectivity index (χ1v) is 8.43. The van der Waals surface area contributed by atoms with Crippen LogP contribution in [-0.4, -0.2) is 39.0 Å². The molecule has 0 atom stereocenters. The van der Waals surface area contributed by atoms with Crippen molar-refractivity contribution < 1.29 is 9.32 Å². The first kappa shape index (κ1) is 14.9. The Morgan fingerprint density at radius 1 is 1.38 bits per heavy atom. The summed E-state index contributed by atoms with van der Waals surface area (Å²) >= 11 is 0. The lowest BCUT2D eigenvalue weighted by Gasteiger charge is -2.30. The predicted octanol–water partition coefficient (Wildman–Crippen LogP) is 3.13. The first-order valence-electron chi connectivity index (χ1n) is 8.43. The van der Waals surface area contributed by atoms with Crippen molar-refractivity contribution in [3.8, 4) is 0 Å². The third kappa shape index (κ3) is 2.68. The van der Waals surface area contributed by atoms with Crippen LogP contribution >= 0.6 is 0 Å². The number of piperidine rings is 1. The normalized spacial score (nSPS) is 16.0. The maximum atomic E-state index is 12.5. The molecular weight excluding hydrogens is 304 g/mol. The van der Waals surface area contributed by atoms with Gasteiger partial charge in [-0.05, 0) is 37.5 Å². The van der Waals surface area contributed by atoms with Crippen LogP contribution < -0.4 is 0 Å². The highest BCUT2D eigenvalue weighted by atomic mass is 16.5. The van der Waals surface area contributed by atoms with Gasteiger partial charge in [-0.1, -0.05) is 12.1 Å². The number of H-pyrrole nitrogens is 1. The molecule has 0 saturated carbocycles. The quantitative estimate of drug-likeness (QED) is 0.803. The monoisotopic (exact) mass is 324 g/mol. The summed E-state index contributed by atoms with van der Waals surface area (Å²) in [5.74, 6) is 0.725. The van der Waals surface area contributed by atoms with Gasteiger partial charge >= 0.3 is 0 Å². The molecule has 124 valence electrons. The average molecular weight is 324 g/mol. The fourth-order valence-electron chi connectivity index (χ4n) is 3.33. The summed E-state index contributed by atoms with van der Waals surface area (Å²) in [4.78, 5) is 22.1. The van der Waals surface area contributed by atoms with E-state index in [1.165, 1.54) is 5.69 Å². The first-order chi connectivity index (χ1) is 11.7. The molecule has 1 amide bonds. The number of amides is 1. The van der Waals surface area contributed by atoms with E-state index < -0.39 is 0 Å². The van der Waals surface area contributed by atoms with Gasteiger partial charge in [0.2, 0.25) is 5.76 Å². The van der Waals surface area contributed by atoms with Crippen LogP contribution in [0.3, 0.4) is 0 Å². The number of nitrogens with zero attached hydrogens (tertiary/aromatic N) is 3. The number of aryl methyl sites for hydroxylation is 1. The molecule has 3 aromatic rings. The van der Waals surface area contributed by atoms with E-state index in [0.717, 1.165) is 49.1 Å². The van der Waals surface area contributed by atoms with Crippen LogP contribution in [0.15, 0.2) is 35.0 Å².